The zero-order valence-electron chi connectivity index (χ0n) is 8.55. The van der Waals surface area contributed by atoms with Gasteiger partial charge in [-0.3, -0.25) is 15.2 Å². The van der Waals surface area contributed by atoms with Gasteiger partial charge < -0.3 is 9.90 Å². The fourth-order valence-corrected chi connectivity index (χ4v) is 1.64. The molecule has 1 fully saturated rings. The third-order valence-corrected chi connectivity index (χ3v) is 2.50. The Morgan fingerprint density at radius 2 is 2.06 bits per heavy atom. The van der Waals surface area contributed by atoms with Crippen LogP contribution < -0.4 is 10.5 Å². The van der Waals surface area contributed by atoms with Crippen LogP contribution in [-0.4, -0.2) is 23.4 Å². The summed E-state index contributed by atoms with van der Waals surface area (Å²) in [6.45, 7) is 0.149. The summed E-state index contributed by atoms with van der Waals surface area (Å²) < 4.78 is 0. The first-order valence-corrected chi connectivity index (χ1v) is 5.00. The first kappa shape index (κ1) is 10.5. The molecule has 2 rings (SSSR count). The van der Waals surface area contributed by atoms with E-state index < -0.39 is 11.9 Å². The molecule has 5 heteroatoms. The van der Waals surface area contributed by atoms with E-state index in [1.165, 1.54) is 5.01 Å². The Hall–Kier alpha value is -2.04. The molecule has 1 aromatic rings. The third kappa shape index (κ3) is 2.13. The predicted molar refractivity (Wildman–Crippen MR) is 54.9 cm³/mol. The highest BCUT2D eigenvalue weighted by molar-refractivity contribution is 5.86. The molecule has 1 amide bonds. The monoisotopic (exact) mass is 219 g/mol. The Balaban J connectivity index is 2.02. The summed E-state index contributed by atoms with van der Waals surface area (Å²) in [4.78, 5) is 22.1. The van der Waals surface area contributed by atoms with Crippen LogP contribution in [0.25, 0.3) is 0 Å². The fourth-order valence-electron chi connectivity index (χ4n) is 1.64. The van der Waals surface area contributed by atoms with Crippen LogP contribution in [0.1, 0.15) is 6.42 Å². The van der Waals surface area contributed by atoms with Gasteiger partial charge in [0.1, 0.15) is 0 Å². The van der Waals surface area contributed by atoms with Crippen molar-refractivity contribution < 1.29 is 14.7 Å². The van der Waals surface area contributed by atoms with E-state index in [1.54, 1.807) is 12.1 Å². The lowest BCUT2D eigenvalue weighted by Crippen LogP contribution is -2.35. The number of anilines is 1. The lowest BCUT2D eigenvalue weighted by molar-refractivity contribution is -0.311. The maximum absolute atomic E-state index is 11.5. The van der Waals surface area contributed by atoms with Gasteiger partial charge in [-0.25, -0.2) is 0 Å². The molecule has 0 aliphatic carbocycles. The Bertz CT molecular complexity index is 405. The van der Waals surface area contributed by atoms with Crippen molar-refractivity contribution in [3.05, 3.63) is 30.3 Å². The van der Waals surface area contributed by atoms with Gasteiger partial charge in [-0.15, -0.1) is 0 Å². The number of hydrogen-bond donors (Lipinski definition) is 1. The molecule has 1 aliphatic heterocycles. The van der Waals surface area contributed by atoms with Crippen molar-refractivity contribution in [2.24, 2.45) is 5.92 Å². The molecular formula is C11H11N2O3-. The highest BCUT2D eigenvalue weighted by Gasteiger charge is 2.30. The average molecular weight is 219 g/mol. The number of benzene rings is 1. The van der Waals surface area contributed by atoms with Gasteiger partial charge in [0.15, 0.2) is 0 Å². The number of rotatable bonds is 3. The number of para-hydroxylation sites is 1. The van der Waals surface area contributed by atoms with E-state index in [4.69, 9.17) is 0 Å². The molecular weight excluding hydrogens is 208 g/mol. The Labute approximate surface area is 92.6 Å². The first-order chi connectivity index (χ1) is 7.66. The van der Waals surface area contributed by atoms with Gasteiger partial charge >= 0.3 is 0 Å². The number of nitrogens with zero attached hydrogens (tertiary/aromatic N) is 1. The van der Waals surface area contributed by atoms with Crippen LogP contribution in [0.15, 0.2) is 30.3 Å². The minimum Gasteiger partial charge on any atom is -0.550 e. The summed E-state index contributed by atoms with van der Waals surface area (Å²) in [5.41, 5.74) is 3.63. The van der Waals surface area contributed by atoms with E-state index in [0.29, 0.717) is 0 Å². The maximum atomic E-state index is 11.5. The van der Waals surface area contributed by atoms with Gasteiger partial charge in [0.2, 0.25) is 5.91 Å². The van der Waals surface area contributed by atoms with Crippen LogP contribution in [0.4, 0.5) is 5.69 Å². The molecule has 0 bridgehead atoms. The molecule has 0 unspecified atom stereocenters. The number of carbonyl (C=O) groups excluding carboxylic acids is 2. The number of nitrogens with one attached hydrogen (secondary N) is 1. The molecule has 1 N–H and O–H groups in total. The Kier molecular flexibility index (Phi) is 2.76. The van der Waals surface area contributed by atoms with Crippen molar-refractivity contribution in [1.29, 1.82) is 0 Å². The predicted octanol–water partition coefficient (Wildman–Crippen LogP) is -0.388. The van der Waals surface area contributed by atoms with E-state index >= 15 is 0 Å². The van der Waals surface area contributed by atoms with Crippen LogP contribution in [-0.2, 0) is 9.59 Å². The molecule has 1 atom stereocenters. The quantitative estimate of drug-likeness (QED) is 0.751. The van der Waals surface area contributed by atoms with Crippen molar-refractivity contribution in [1.82, 2.24) is 5.01 Å². The number of hydrogen-bond acceptors (Lipinski definition) is 4. The number of carboxylic acid groups (broad SMARTS) is 1. The summed E-state index contributed by atoms with van der Waals surface area (Å²) in [7, 11) is 0. The Morgan fingerprint density at radius 1 is 1.38 bits per heavy atom. The molecule has 0 aromatic heterocycles. The van der Waals surface area contributed by atoms with Crippen LogP contribution in [0.2, 0.25) is 0 Å². The normalized spacial score (nSPS) is 19.9. The first-order valence-electron chi connectivity index (χ1n) is 5.00. The van der Waals surface area contributed by atoms with Gasteiger partial charge in [0, 0.05) is 18.3 Å². The van der Waals surface area contributed by atoms with Crippen LogP contribution in [0.5, 0.6) is 0 Å². The smallest absolute Gasteiger partial charge is 0.241 e. The Morgan fingerprint density at radius 3 is 2.62 bits per heavy atom. The summed E-state index contributed by atoms with van der Waals surface area (Å²) in [6.07, 6.45) is 0.00215. The number of amides is 1. The summed E-state index contributed by atoms with van der Waals surface area (Å²) in [6, 6.07) is 9.14. The number of aliphatic carboxylic acids is 1. The van der Waals surface area contributed by atoms with E-state index in [1.807, 2.05) is 18.2 Å². The van der Waals surface area contributed by atoms with Gasteiger partial charge in [-0.05, 0) is 12.1 Å². The fraction of sp³-hybridized carbons (Fsp3) is 0.273. The standard InChI is InChI=1S/C11H12N2O3/c14-10-6-8(11(15)16)7-13(10)12-9-4-2-1-3-5-9/h1-5,8,12H,6-7H2,(H,15,16)/p-1/t8-/m0/s1. The molecule has 1 heterocycles. The van der Waals surface area contributed by atoms with Crippen molar-refractivity contribution in [2.45, 2.75) is 6.42 Å². The highest BCUT2D eigenvalue weighted by Crippen LogP contribution is 2.18. The van der Waals surface area contributed by atoms with Crippen molar-refractivity contribution >= 4 is 17.6 Å². The second-order valence-electron chi connectivity index (χ2n) is 3.70. The summed E-state index contributed by atoms with van der Waals surface area (Å²) in [5, 5.41) is 11.9. The second-order valence-corrected chi connectivity index (χ2v) is 3.70. The van der Waals surface area contributed by atoms with E-state index in [9.17, 15) is 14.7 Å². The molecule has 5 nitrogen and oxygen atoms in total. The highest BCUT2D eigenvalue weighted by atomic mass is 16.4. The van der Waals surface area contributed by atoms with E-state index in [-0.39, 0.29) is 18.9 Å². The zero-order valence-corrected chi connectivity index (χ0v) is 8.55. The van der Waals surface area contributed by atoms with Crippen molar-refractivity contribution in [2.75, 3.05) is 12.0 Å². The molecule has 0 spiro atoms. The van der Waals surface area contributed by atoms with E-state index in [2.05, 4.69) is 5.43 Å². The molecule has 0 saturated carbocycles. The van der Waals surface area contributed by atoms with Gasteiger partial charge in [0.05, 0.1) is 12.2 Å². The van der Waals surface area contributed by atoms with Crippen molar-refractivity contribution in [3.8, 4) is 0 Å². The van der Waals surface area contributed by atoms with Crippen LogP contribution in [0.3, 0.4) is 0 Å². The minimum absolute atomic E-state index is 0.00215. The van der Waals surface area contributed by atoms with Gasteiger partial charge in [-0.1, -0.05) is 18.2 Å². The molecule has 0 radical (unpaired) electrons. The molecule has 84 valence electrons. The molecule has 16 heavy (non-hydrogen) atoms. The summed E-state index contributed by atoms with van der Waals surface area (Å²) in [5.74, 6) is -2.12. The summed E-state index contributed by atoms with van der Waals surface area (Å²) >= 11 is 0. The molecule has 1 aromatic carbocycles. The van der Waals surface area contributed by atoms with Crippen LogP contribution >= 0.6 is 0 Å². The number of hydrazine groups is 1. The lowest BCUT2D eigenvalue weighted by Gasteiger charge is -2.19. The third-order valence-electron chi connectivity index (χ3n) is 2.50. The minimum atomic E-state index is -1.18. The van der Waals surface area contributed by atoms with Crippen molar-refractivity contribution in [3.63, 3.8) is 0 Å². The van der Waals surface area contributed by atoms with Crippen LogP contribution in [0, 0.1) is 5.92 Å². The van der Waals surface area contributed by atoms with Gasteiger partial charge in [0.25, 0.3) is 0 Å². The second kappa shape index (κ2) is 4.22. The molecule has 1 aliphatic rings. The average Bonchev–Trinajstić information content (AvgIpc) is 2.62. The van der Waals surface area contributed by atoms with Gasteiger partial charge in [-0.2, -0.15) is 0 Å². The topological polar surface area (TPSA) is 72.5 Å². The number of carboxylic acids is 1. The van der Waals surface area contributed by atoms with E-state index in [0.717, 1.165) is 5.69 Å². The number of carbonyl (C=O) groups is 2. The SMILES string of the molecule is O=C([O-])[C@H]1CC(=O)N(Nc2ccccc2)C1. The molecule has 1 saturated heterocycles. The maximum Gasteiger partial charge on any atom is 0.241 e. The zero-order chi connectivity index (χ0) is 11.5. The lowest BCUT2D eigenvalue weighted by atomic mass is 10.1. The largest absolute Gasteiger partial charge is 0.550 e.